The molecule has 0 unspecified atom stereocenters. The van der Waals surface area contributed by atoms with Crippen molar-refractivity contribution in [2.24, 2.45) is 0 Å². The number of carbonyl (C=O) groups excluding carboxylic acids is 1. The lowest BCUT2D eigenvalue weighted by Crippen LogP contribution is -2.25. The van der Waals surface area contributed by atoms with Crippen molar-refractivity contribution in [2.45, 2.75) is 39.7 Å². The molecule has 0 fully saturated rings. The van der Waals surface area contributed by atoms with Crippen LogP contribution in [0.3, 0.4) is 0 Å². The molecule has 0 radical (unpaired) electrons. The van der Waals surface area contributed by atoms with E-state index in [4.69, 9.17) is 5.73 Å². The van der Waals surface area contributed by atoms with E-state index in [-0.39, 0.29) is 18.3 Å². The van der Waals surface area contributed by atoms with Crippen molar-refractivity contribution in [1.82, 2.24) is 15.1 Å². The first-order valence-electron chi connectivity index (χ1n) is 7.67. The van der Waals surface area contributed by atoms with E-state index in [1.807, 2.05) is 42.8 Å². The number of nitrogen functional groups attached to an aromatic ring is 1. The number of aromatic nitrogens is 2. The van der Waals surface area contributed by atoms with Gasteiger partial charge in [0.05, 0.1) is 5.69 Å². The molecule has 2 rings (SSSR count). The predicted octanol–water partition coefficient (Wildman–Crippen LogP) is 2.64. The zero-order valence-corrected chi connectivity index (χ0v) is 14.5. The van der Waals surface area contributed by atoms with Crippen LogP contribution in [0.4, 0.5) is 5.69 Å². The molecule has 0 atom stereocenters. The Balaban J connectivity index is 0.00000264. The Bertz CT molecular complexity index is 639. The molecule has 0 saturated carbocycles. The van der Waals surface area contributed by atoms with Crippen molar-refractivity contribution >= 4 is 24.0 Å². The van der Waals surface area contributed by atoms with Gasteiger partial charge in [-0.25, -0.2) is 0 Å². The molecule has 1 aromatic heterocycles. The summed E-state index contributed by atoms with van der Waals surface area (Å²) in [5, 5.41) is 7.35. The first kappa shape index (κ1) is 19.0. The Morgan fingerprint density at radius 3 is 2.70 bits per heavy atom. The molecule has 0 saturated heterocycles. The minimum absolute atomic E-state index is 0. The third kappa shape index (κ3) is 5.94. The SMILES string of the molecule is Cc1cc(C)n(CCCNC(=O)CCc2ccccc2N)n1.Cl. The van der Waals surface area contributed by atoms with Crippen LogP contribution in [-0.4, -0.2) is 22.2 Å². The predicted molar refractivity (Wildman–Crippen MR) is 95.8 cm³/mol. The summed E-state index contributed by atoms with van der Waals surface area (Å²) >= 11 is 0. The third-order valence-electron chi connectivity index (χ3n) is 3.65. The van der Waals surface area contributed by atoms with Crippen LogP contribution in [0.15, 0.2) is 30.3 Å². The van der Waals surface area contributed by atoms with Gasteiger partial charge >= 0.3 is 0 Å². The lowest BCUT2D eigenvalue weighted by Gasteiger charge is -2.08. The maximum Gasteiger partial charge on any atom is 0.220 e. The molecule has 0 aliphatic heterocycles. The van der Waals surface area contributed by atoms with Gasteiger partial charge in [0.25, 0.3) is 0 Å². The van der Waals surface area contributed by atoms with Crippen LogP contribution in [0, 0.1) is 13.8 Å². The maximum absolute atomic E-state index is 11.8. The van der Waals surface area contributed by atoms with Gasteiger partial charge in [-0.3, -0.25) is 9.48 Å². The minimum atomic E-state index is 0. The van der Waals surface area contributed by atoms with Gasteiger partial charge in [0.2, 0.25) is 5.91 Å². The fourth-order valence-corrected chi connectivity index (χ4v) is 2.46. The van der Waals surface area contributed by atoms with Crippen molar-refractivity contribution in [3.05, 3.63) is 47.3 Å². The second-order valence-corrected chi connectivity index (χ2v) is 5.55. The smallest absolute Gasteiger partial charge is 0.220 e. The molecule has 0 aliphatic carbocycles. The van der Waals surface area contributed by atoms with Crippen LogP contribution in [-0.2, 0) is 17.8 Å². The molecule has 0 spiro atoms. The largest absolute Gasteiger partial charge is 0.399 e. The summed E-state index contributed by atoms with van der Waals surface area (Å²) in [6.07, 6.45) is 2.02. The zero-order valence-electron chi connectivity index (χ0n) is 13.7. The Morgan fingerprint density at radius 1 is 1.30 bits per heavy atom. The maximum atomic E-state index is 11.8. The van der Waals surface area contributed by atoms with Crippen molar-refractivity contribution < 1.29 is 4.79 Å². The normalized spacial score (nSPS) is 10.2. The lowest BCUT2D eigenvalue weighted by molar-refractivity contribution is -0.121. The Morgan fingerprint density at radius 2 is 2.04 bits per heavy atom. The van der Waals surface area contributed by atoms with Gasteiger partial charge in [0.1, 0.15) is 0 Å². The number of benzene rings is 1. The van der Waals surface area contributed by atoms with E-state index in [2.05, 4.69) is 16.5 Å². The summed E-state index contributed by atoms with van der Waals surface area (Å²) in [7, 11) is 0. The number of nitrogens with two attached hydrogens (primary N) is 1. The van der Waals surface area contributed by atoms with E-state index in [0.29, 0.717) is 19.4 Å². The van der Waals surface area contributed by atoms with Crippen LogP contribution in [0.2, 0.25) is 0 Å². The fraction of sp³-hybridized carbons (Fsp3) is 0.412. The van der Waals surface area contributed by atoms with Crippen LogP contribution in [0.25, 0.3) is 0 Å². The van der Waals surface area contributed by atoms with E-state index in [0.717, 1.165) is 35.6 Å². The third-order valence-corrected chi connectivity index (χ3v) is 3.65. The summed E-state index contributed by atoms with van der Waals surface area (Å²) < 4.78 is 1.98. The van der Waals surface area contributed by atoms with Crippen molar-refractivity contribution in [2.75, 3.05) is 12.3 Å². The number of anilines is 1. The van der Waals surface area contributed by atoms with E-state index < -0.39 is 0 Å². The molecule has 126 valence electrons. The summed E-state index contributed by atoms with van der Waals surface area (Å²) in [4.78, 5) is 11.8. The van der Waals surface area contributed by atoms with E-state index in [9.17, 15) is 4.79 Å². The molecule has 1 amide bonds. The molecule has 1 aromatic carbocycles. The number of nitrogens with one attached hydrogen (secondary N) is 1. The van der Waals surface area contributed by atoms with E-state index in [1.54, 1.807) is 0 Å². The van der Waals surface area contributed by atoms with Crippen LogP contribution in [0.5, 0.6) is 0 Å². The number of para-hydroxylation sites is 1. The highest BCUT2D eigenvalue weighted by Crippen LogP contribution is 2.12. The molecule has 5 nitrogen and oxygen atoms in total. The average Bonchev–Trinajstić information content (AvgIpc) is 2.81. The molecule has 0 bridgehead atoms. The van der Waals surface area contributed by atoms with Crippen molar-refractivity contribution in [1.29, 1.82) is 0 Å². The first-order valence-corrected chi connectivity index (χ1v) is 7.67. The fourth-order valence-electron chi connectivity index (χ4n) is 2.46. The quantitative estimate of drug-likeness (QED) is 0.603. The van der Waals surface area contributed by atoms with Gasteiger partial charge in [0.15, 0.2) is 0 Å². The van der Waals surface area contributed by atoms with Gasteiger partial charge in [-0.1, -0.05) is 18.2 Å². The Hall–Kier alpha value is -2.01. The van der Waals surface area contributed by atoms with E-state index >= 15 is 0 Å². The molecule has 2 aromatic rings. The lowest BCUT2D eigenvalue weighted by atomic mass is 10.1. The van der Waals surface area contributed by atoms with Gasteiger partial charge in [-0.2, -0.15) is 5.10 Å². The first-order chi connectivity index (χ1) is 10.6. The highest BCUT2D eigenvalue weighted by atomic mass is 35.5. The summed E-state index contributed by atoms with van der Waals surface area (Å²) in [6, 6.07) is 9.73. The van der Waals surface area contributed by atoms with Crippen LogP contribution < -0.4 is 11.1 Å². The van der Waals surface area contributed by atoms with Crippen LogP contribution in [0.1, 0.15) is 29.8 Å². The number of amides is 1. The number of halogens is 1. The summed E-state index contributed by atoms with van der Waals surface area (Å²) in [5.74, 6) is 0.0663. The molecule has 1 heterocycles. The number of hydrogen-bond donors (Lipinski definition) is 2. The standard InChI is InChI=1S/C17H24N4O.ClH/c1-13-12-14(2)21(20-13)11-5-10-19-17(22)9-8-15-6-3-4-7-16(15)18;/h3-4,6-7,12H,5,8-11,18H2,1-2H3,(H,19,22);1H. The highest BCUT2D eigenvalue weighted by molar-refractivity contribution is 5.85. The molecular formula is C17H25ClN4O. The van der Waals surface area contributed by atoms with Crippen molar-refractivity contribution in [3.8, 4) is 0 Å². The summed E-state index contributed by atoms with van der Waals surface area (Å²) in [6.45, 7) is 5.52. The Labute approximate surface area is 143 Å². The number of hydrogen-bond acceptors (Lipinski definition) is 3. The van der Waals surface area contributed by atoms with Crippen LogP contribution >= 0.6 is 12.4 Å². The van der Waals surface area contributed by atoms with Crippen molar-refractivity contribution in [3.63, 3.8) is 0 Å². The van der Waals surface area contributed by atoms with E-state index in [1.165, 1.54) is 0 Å². The molecule has 23 heavy (non-hydrogen) atoms. The number of nitrogens with zero attached hydrogens (tertiary/aromatic N) is 2. The molecule has 3 N–H and O–H groups in total. The Kier molecular flexibility index (Phi) is 7.62. The number of rotatable bonds is 7. The molecule has 0 aliphatic rings. The van der Waals surface area contributed by atoms with Gasteiger partial charge in [-0.15, -0.1) is 12.4 Å². The minimum Gasteiger partial charge on any atom is -0.399 e. The second kappa shape index (κ2) is 9.20. The van der Waals surface area contributed by atoms with Gasteiger partial charge < -0.3 is 11.1 Å². The topological polar surface area (TPSA) is 72.9 Å². The average molecular weight is 337 g/mol. The number of carbonyl (C=O) groups is 1. The molecular weight excluding hydrogens is 312 g/mol. The highest BCUT2D eigenvalue weighted by Gasteiger charge is 2.05. The van der Waals surface area contributed by atoms with Gasteiger partial charge in [0, 0.05) is 30.9 Å². The summed E-state index contributed by atoms with van der Waals surface area (Å²) in [5.41, 5.74) is 9.83. The zero-order chi connectivity index (χ0) is 15.9. The monoisotopic (exact) mass is 336 g/mol. The number of aryl methyl sites for hydroxylation is 4. The van der Waals surface area contributed by atoms with Gasteiger partial charge in [-0.05, 0) is 44.4 Å². The second-order valence-electron chi connectivity index (χ2n) is 5.55. The molecule has 6 heteroatoms.